The smallest absolute Gasteiger partial charge is 0.243 e. The average Bonchev–Trinajstić information content (AvgIpc) is 3.12. The number of nitrogens with one attached hydrogen (secondary N) is 1. The maximum Gasteiger partial charge on any atom is 0.243 e. The van der Waals surface area contributed by atoms with Crippen molar-refractivity contribution < 1.29 is 13.2 Å². The van der Waals surface area contributed by atoms with Gasteiger partial charge in [-0.05, 0) is 55.3 Å². The SMILES string of the molecule is CCCn1c(CCC(=O)Nc2ccc(Cl)cc2C)nc2cc(S(=O)(=O)N(CC)CC)ccc21. The molecule has 0 aliphatic carbocycles. The van der Waals surface area contributed by atoms with Crippen molar-refractivity contribution in [2.24, 2.45) is 0 Å². The first-order valence-corrected chi connectivity index (χ1v) is 13.1. The third-order valence-corrected chi connectivity index (χ3v) is 7.91. The summed E-state index contributed by atoms with van der Waals surface area (Å²) in [5.74, 6) is 0.660. The van der Waals surface area contributed by atoms with E-state index in [1.54, 1.807) is 24.3 Å². The van der Waals surface area contributed by atoms with Gasteiger partial charge in [0.2, 0.25) is 15.9 Å². The van der Waals surface area contributed by atoms with Crippen molar-refractivity contribution >= 4 is 44.3 Å². The highest BCUT2D eigenvalue weighted by Gasteiger charge is 2.23. The summed E-state index contributed by atoms with van der Waals surface area (Å²) in [6.07, 6.45) is 1.61. The molecule has 0 radical (unpaired) electrons. The number of nitrogens with zero attached hydrogens (tertiary/aromatic N) is 3. The quantitative estimate of drug-likeness (QED) is 0.433. The molecule has 0 unspecified atom stereocenters. The Morgan fingerprint density at radius 1 is 1.12 bits per heavy atom. The molecule has 9 heteroatoms. The molecule has 0 spiro atoms. The molecule has 0 saturated carbocycles. The van der Waals surface area contributed by atoms with Crippen LogP contribution < -0.4 is 5.32 Å². The summed E-state index contributed by atoms with van der Waals surface area (Å²) in [6.45, 7) is 9.18. The van der Waals surface area contributed by atoms with E-state index in [9.17, 15) is 13.2 Å². The second kappa shape index (κ2) is 10.7. The fraction of sp³-hybridized carbons (Fsp3) is 0.417. The monoisotopic (exact) mass is 490 g/mol. The minimum atomic E-state index is -3.57. The maximum atomic E-state index is 12.9. The number of imidazole rings is 1. The third kappa shape index (κ3) is 5.57. The number of hydrogen-bond acceptors (Lipinski definition) is 4. The Morgan fingerprint density at radius 3 is 2.48 bits per heavy atom. The fourth-order valence-corrected chi connectivity index (χ4v) is 5.61. The highest BCUT2D eigenvalue weighted by Crippen LogP contribution is 2.24. The van der Waals surface area contributed by atoms with Crippen molar-refractivity contribution in [1.82, 2.24) is 13.9 Å². The van der Waals surface area contributed by atoms with Gasteiger partial charge in [0.05, 0.1) is 15.9 Å². The molecule has 0 saturated heterocycles. The number of anilines is 1. The molecule has 3 rings (SSSR count). The zero-order valence-corrected chi connectivity index (χ0v) is 21.1. The lowest BCUT2D eigenvalue weighted by Gasteiger charge is -2.18. The Kier molecular flexibility index (Phi) is 8.15. The maximum absolute atomic E-state index is 12.9. The summed E-state index contributed by atoms with van der Waals surface area (Å²) in [6, 6.07) is 10.4. The van der Waals surface area contributed by atoms with E-state index >= 15 is 0 Å². The Hall–Kier alpha value is -2.42. The van der Waals surface area contributed by atoms with E-state index in [4.69, 9.17) is 16.6 Å². The van der Waals surface area contributed by atoms with Crippen LogP contribution in [0.4, 0.5) is 5.69 Å². The number of carbonyl (C=O) groups is 1. The first-order chi connectivity index (χ1) is 15.7. The number of hydrogen-bond donors (Lipinski definition) is 1. The van der Waals surface area contributed by atoms with Crippen LogP contribution in [0.15, 0.2) is 41.3 Å². The minimum Gasteiger partial charge on any atom is -0.328 e. The summed E-state index contributed by atoms with van der Waals surface area (Å²) in [5, 5.41) is 3.55. The number of carbonyl (C=O) groups excluding carboxylic acids is 1. The van der Waals surface area contributed by atoms with Crippen molar-refractivity contribution in [3.8, 4) is 0 Å². The molecule has 33 heavy (non-hydrogen) atoms. The van der Waals surface area contributed by atoms with Crippen molar-refractivity contribution in [3.63, 3.8) is 0 Å². The second-order valence-corrected chi connectivity index (χ2v) is 10.3. The number of sulfonamides is 1. The largest absolute Gasteiger partial charge is 0.328 e. The number of benzene rings is 2. The lowest BCUT2D eigenvalue weighted by Crippen LogP contribution is -2.30. The van der Waals surface area contributed by atoms with Gasteiger partial charge in [-0.2, -0.15) is 4.31 Å². The lowest BCUT2D eigenvalue weighted by molar-refractivity contribution is -0.116. The highest BCUT2D eigenvalue weighted by molar-refractivity contribution is 7.89. The Labute approximate surface area is 200 Å². The van der Waals surface area contributed by atoms with Gasteiger partial charge in [-0.15, -0.1) is 0 Å². The van der Waals surface area contributed by atoms with Gasteiger partial charge in [-0.3, -0.25) is 4.79 Å². The van der Waals surface area contributed by atoms with E-state index in [0.29, 0.717) is 30.0 Å². The number of rotatable bonds is 10. The van der Waals surface area contributed by atoms with Crippen LogP contribution in [-0.2, 0) is 27.8 Å². The highest BCUT2D eigenvalue weighted by atomic mass is 35.5. The minimum absolute atomic E-state index is 0.111. The molecule has 7 nitrogen and oxygen atoms in total. The molecule has 1 N–H and O–H groups in total. The summed E-state index contributed by atoms with van der Waals surface area (Å²) >= 11 is 5.99. The topological polar surface area (TPSA) is 84.3 Å². The molecule has 1 aromatic heterocycles. The number of aryl methyl sites for hydroxylation is 3. The van der Waals surface area contributed by atoms with Crippen LogP contribution in [0.3, 0.4) is 0 Å². The van der Waals surface area contributed by atoms with Crippen LogP contribution in [0.25, 0.3) is 11.0 Å². The first kappa shape index (κ1) is 25.2. The molecule has 2 aromatic carbocycles. The van der Waals surface area contributed by atoms with Gasteiger partial charge in [0.15, 0.2) is 0 Å². The zero-order chi connectivity index (χ0) is 24.2. The van der Waals surface area contributed by atoms with E-state index in [2.05, 4.69) is 16.8 Å². The molecular formula is C24H31ClN4O3S. The van der Waals surface area contributed by atoms with E-state index in [1.165, 1.54) is 4.31 Å². The molecular weight excluding hydrogens is 460 g/mol. The van der Waals surface area contributed by atoms with Crippen LogP contribution in [0, 0.1) is 6.92 Å². The number of aromatic nitrogens is 2. The van der Waals surface area contributed by atoms with Gasteiger partial charge in [-0.1, -0.05) is 32.4 Å². The third-order valence-electron chi connectivity index (χ3n) is 5.63. The van der Waals surface area contributed by atoms with Crippen LogP contribution in [0.2, 0.25) is 5.02 Å². The molecule has 0 aliphatic rings. The fourth-order valence-electron chi connectivity index (χ4n) is 3.90. The Balaban J connectivity index is 1.84. The molecule has 0 aliphatic heterocycles. The summed E-state index contributed by atoms with van der Waals surface area (Å²) in [4.78, 5) is 17.5. The summed E-state index contributed by atoms with van der Waals surface area (Å²) in [7, 11) is -3.57. The van der Waals surface area contributed by atoms with Gasteiger partial charge in [0.1, 0.15) is 5.82 Å². The van der Waals surface area contributed by atoms with Crippen LogP contribution in [0.5, 0.6) is 0 Å². The van der Waals surface area contributed by atoms with Gasteiger partial charge in [0.25, 0.3) is 0 Å². The second-order valence-electron chi connectivity index (χ2n) is 7.93. The molecule has 1 amide bonds. The predicted octanol–water partition coefficient (Wildman–Crippen LogP) is 5.01. The lowest BCUT2D eigenvalue weighted by atomic mass is 10.2. The summed E-state index contributed by atoms with van der Waals surface area (Å²) < 4.78 is 29.4. The van der Waals surface area contributed by atoms with Gasteiger partial charge in [0, 0.05) is 43.2 Å². The molecule has 1 heterocycles. The van der Waals surface area contributed by atoms with E-state index in [1.807, 2.05) is 32.9 Å². The molecule has 178 valence electrons. The summed E-state index contributed by atoms with van der Waals surface area (Å²) in [5.41, 5.74) is 3.13. The number of halogens is 1. The zero-order valence-electron chi connectivity index (χ0n) is 19.6. The molecule has 0 fully saturated rings. The van der Waals surface area contributed by atoms with Crippen LogP contribution >= 0.6 is 11.6 Å². The first-order valence-electron chi connectivity index (χ1n) is 11.3. The average molecular weight is 491 g/mol. The normalized spacial score (nSPS) is 11.9. The molecule has 0 atom stereocenters. The van der Waals surface area contributed by atoms with Crippen LogP contribution in [-0.4, -0.2) is 41.3 Å². The number of fused-ring (bicyclic) bond motifs is 1. The predicted molar refractivity (Wildman–Crippen MR) is 133 cm³/mol. The van der Waals surface area contributed by atoms with Gasteiger partial charge < -0.3 is 9.88 Å². The van der Waals surface area contributed by atoms with E-state index in [-0.39, 0.29) is 17.2 Å². The number of amides is 1. The molecule has 3 aromatic rings. The van der Waals surface area contributed by atoms with Gasteiger partial charge >= 0.3 is 0 Å². The van der Waals surface area contributed by atoms with Crippen molar-refractivity contribution in [2.45, 2.75) is 58.4 Å². The standard InChI is InChI=1S/C24H31ClN4O3S/c1-5-14-29-22-11-9-19(33(31,32)28(6-2)7-3)16-21(22)26-23(29)12-13-24(30)27-20-10-8-18(25)15-17(20)4/h8-11,15-16H,5-7,12-14H2,1-4H3,(H,27,30). The Bertz CT molecular complexity index is 1250. The van der Waals surface area contributed by atoms with Crippen molar-refractivity contribution in [3.05, 3.63) is 52.8 Å². The van der Waals surface area contributed by atoms with Crippen molar-refractivity contribution in [2.75, 3.05) is 18.4 Å². The van der Waals surface area contributed by atoms with E-state index in [0.717, 1.165) is 35.6 Å². The van der Waals surface area contributed by atoms with Crippen molar-refractivity contribution in [1.29, 1.82) is 0 Å². The van der Waals surface area contributed by atoms with Crippen LogP contribution in [0.1, 0.15) is 45.0 Å². The van der Waals surface area contributed by atoms with Gasteiger partial charge in [-0.25, -0.2) is 13.4 Å². The van der Waals surface area contributed by atoms with E-state index < -0.39 is 10.0 Å². The Morgan fingerprint density at radius 2 is 1.85 bits per heavy atom. The molecule has 0 bridgehead atoms.